The largest absolute Gasteiger partial charge is 0.454 e. The van der Waals surface area contributed by atoms with Crippen molar-refractivity contribution in [1.29, 1.82) is 0 Å². The maximum absolute atomic E-state index is 12.7. The molecule has 146 valence electrons. The zero-order valence-electron chi connectivity index (χ0n) is 16.0. The fourth-order valence-corrected chi connectivity index (χ4v) is 2.61. The molecule has 1 heterocycles. The zero-order chi connectivity index (χ0) is 20.2. The van der Waals surface area contributed by atoms with Gasteiger partial charge in [0.05, 0.1) is 0 Å². The molecule has 0 unspecified atom stereocenters. The van der Waals surface area contributed by atoms with Gasteiger partial charge in [0.1, 0.15) is 12.1 Å². The average molecular weight is 375 g/mol. The van der Waals surface area contributed by atoms with Gasteiger partial charge >= 0.3 is 12.0 Å². The molecule has 8 heteroatoms. The smallest absolute Gasteiger partial charge is 0.326 e. The number of urea groups is 1. The molecular formula is C19H25N3O5. The minimum Gasteiger partial charge on any atom is -0.454 e. The summed E-state index contributed by atoms with van der Waals surface area (Å²) in [7, 11) is 0. The van der Waals surface area contributed by atoms with Gasteiger partial charge in [-0.25, -0.2) is 4.79 Å². The minimum atomic E-state index is -1.25. The first-order chi connectivity index (χ1) is 12.6. The first-order valence-electron chi connectivity index (χ1n) is 8.77. The number of nitrogens with zero attached hydrogens (tertiary/aromatic N) is 1. The standard InChI is InChI=1S/C19H25N3O5/c1-12(2)9-20-15(23)11-27-16(24)10-22-17(25)19(4,21-18(22)26)14-7-5-13(3)6-8-14/h5-8,12H,9-11H2,1-4H3,(H,20,23)(H,21,26)/t19-/m0/s1. The van der Waals surface area contributed by atoms with Crippen LogP contribution in [0.2, 0.25) is 0 Å². The maximum atomic E-state index is 12.7. The van der Waals surface area contributed by atoms with Gasteiger partial charge in [-0.05, 0) is 25.3 Å². The second-order valence-electron chi connectivity index (χ2n) is 7.17. The number of hydrogen-bond acceptors (Lipinski definition) is 5. The van der Waals surface area contributed by atoms with E-state index in [2.05, 4.69) is 10.6 Å². The number of rotatable bonds is 7. The van der Waals surface area contributed by atoms with E-state index in [1.165, 1.54) is 0 Å². The van der Waals surface area contributed by atoms with Crippen molar-refractivity contribution in [2.45, 2.75) is 33.2 Å². The van der Waals surface area contributed by atoms with Crippen molar-refractivity contribution in [1.82, 2.24) is 15.5 Å². The fourth-order valence-electron chi connectivity index (χ4n) is 2.61. The summed E-state index contributed by atoms with van der Waals surface area (Å²) in [4.78, 5) is 49.3. The van der Waals surface area contributed by atoms with Crippen LogP contribution in [-0.2, 0) is 24.7 Å². The lowest BCUT2D eigenvalue weighted by molar-refractivity contribution is -0.151. The van der Waals surface area contributed by atoms with E-state index in [0.29, 0.717) is 12.1 Å². The molecule has 2 N–H and O–H groups in total. The zero-order valence-corrected chi connectivity index (χ0v) is 16.0. The highest BCUT2D eigenvalue weighted by atomic mass is 16.5. The van der Waals surface area contributed by atoms with E-state index < -0.39 is 42.5 Å². The first-order valence-corrected chi connectivity index (χ1v) is 8.77. The summed E-state index contributed by atoms with van der Waals surface area (Å²) in [5.41, 5.74) is 0.394. The number of nitrogens with one attached hydrogen (secondary N) is 2. The van der Waals surface area contributed by atoms with Gasteiger partial charge in [0.2, 0.25) is 0 Å². The van der Waals surface area contributed by atoms with Crippen LogP contribution in [-0.4, -0.2) is 48.4 Å². The van der Waals surface area contributed by atoms with Crippen LogP contribution in [0, 0.1) is 12.8 Å². The molecule has 0 aliphatic carbocycles. The number of hydrogen-bond donors (Lipinski definition) is 2. The summed E-state index contributed by atoms with van der Waals surface area (Å²) >= 11 is 0. The highest BCUT2D eigenvalue weighted by Crippen LogP contribution is 2.28. The van der Waals surface area contributed by atoms with Crippen molar-refractivity contribution in [3.8, 4) is 0 Å². The second kappa shape index (κ2) is 8.20. The SMILES string of the molecule is Cc1ccc([C@]2(C)NC(=O)N(CC(=O)OCC(=O)NCC(C)C)C2=O)cc1. The quantitative estimate of drug-likeness (QED) is 0.548. The van der Waals surface area contributed by atoms with E-state index in [4.69, 9.17) is 4.74 Å². The first kappa shape index (κ1) is 20.4. The van der Waals surface area contributed by atoms with Crippen LogP contribution in [0.4, 0.5) is 4.79 Å². The third-order valence-corrected chi connectivity index (χ3v) is 4.26. The van der Waals surface area contributed by atoms with Crippen molar-refractivity contribution >= 4 is 23.8 Å². The molecule has 0 radical (unpaired) electrons. The summed E-state index contributed by atoms with van der Waals surface area (Å²) in [6.07, 6.45) is 0. The van der Waals surface area contributed by atoms with Gasteiger partial charge in [-0.2, -0.15) is 0 Å². The Morgan fingerprint density at radius 1 is 1.22 bits per heavy atom. The number of benzene rings is 1. The van der Waals surface area contributed by atoms with E-state index in [0.717, 1.165) is 10.5 Å². The number of aryl methyl sites for hydroxylation is 1. The molecule has 0 spiro atoms. The Kier molecular flexibility index (Phi) is 6.20. The van der Waals surface area contributed by atoms with Crippen molar-refractivity contribution in [3.63, 3.8) is 0 Å². The Hall–Kier alpha value is -2.90. The Morgan fingerprint density at radius 2 is 1.85 bits per heavy atom. The summed E-state index contributed by atoms with van der Waals surface area (Å²) in [6, 6.07) is 6.52. The van der Waals surface area contributed by atoms with Crippen molar-refractivity contribution in [2.24, 2.45) is 5.92 Å². The number of carbonyl (C=O) groups excluding carboxylic acids is 4. The number of ether oxygens (including phenoxy) is 1. The third-order valence-electron chi connectivity index (χ3n) is 4.26. The Labute approximate surface area is 158 Å². The molecule has 0 bridgehead atoms. The summed E-state index contributed by atoms with van der Waals surface area (Å²) in [5, 5.41) is 5.23. The number of imide groups is 1. The number of carbonyl (C=O) groups is 4. The molecule has 1 aliphatic heterocycles. The molecule has 1 aromatic rings. The lowest BCUT2D eigenvalue weighted by Crippen LogP contribution is -2.42. The normalized spacial score (nSPS) is 19.2. The van der Waals surface area contributed by atoms with Crippen LogP contribution in [0.5, 0.6) is 0 Å². The summed E-state index contributed by atoms with van der Waals surface area (Å²) in [5.74, 6) is -1.53. The van der Waals surface area contributed by atoms with E-state index in [1.54, 1.807) is 19.1 Å². The molecule has 1 aromatic carbocycles. The van der Waals surface area contributed by atoms with E-state index in [1.807, 2.05) is 32.9 Å². The summed E-state index contributed by atoms with van der Waals surface area (Å²) < 4.78 is 4.86. The van der Waals surface area contributed by atoms with Crippen molar-refractivity contribution in [2.75, 3.05) is 19.7 Å². The number of amides is 4. The molecule has 0 saturated carbocycles. The van der Waals surface area contributed by atoms with Gasteiger partial charge in [-0.3, -0.25) is 19.3 Å². The molecule has 8 nitrogen and oxygen atoms in total. The van der Waals surface area contributed by atoms with Crippen molar-refractivity contribution in [3.05, 3.63) is 35.4 Å². The van der Waals surface area contributed by atoms with Crippen LogP contribution < -0.4 is 10.6 Å². The fraction of sp³-hybridized carbons (Fsp3) is 0.474. The monoisotopic (exact) mass is 375 g/mol. The molecule has 0 aromatic heterocycles. The predicted molar refractivity (Wildman–Crippen MR) is 97.6 cm³/mol. The molecular weight excluding hydrogens is 350 g/mol. The average Bonchev–Trinajstić information content (AvgIpc) is 2.82. The lowest BCUT2D eigenvalue weighted by atomic mass is 9.91. The Balaban J connectivity index is 1.96. The van der Waals surface area contributed by atoms with Gasteiger partial charge in [0.25, 0.3) is 11.8 Å². The molecule has 2 rings (SSSR count). The summed E-state index contributed by atoms with van der Waals surface area (Å²) in [6.45, 7) is 6.85. The third kappa shape index (κ3) is 4.84. The Morgan fingerprint density at radius 3 is 2.44 bits per heavy atom. The van der Waals surface area contributed by atoms with Crippen LogP contribution in [0.3, 0.4) is 0 Å². The molecule has 1 atom stereocenters. The van der Waals surface area contributed by atoms with Gasteiger partial charge in [-0.15, -0.1) is 0 Å². The topological polar surface area (TPSA) is 105 Å². The Bertz CT molecular complexity index is 744. The number of esters is 1. The van der Waals surface area contributed by atoms with E-state index in [-0.39, 0.29) is 5.92 Å². The van der Waals surface area contributed by atoms with Gasteiger partial charge in [0.15, 0.2) is 6.61 Å². The van der Waals surface area contributed by atoms with Crippen LogP contribution in [0.25, 0.3) is 0 Å². The van der Waals surface area contributed by atoms with E-state index >= 15 is 0 Å². The second-order valence-corrected chi connectivity index (χ2v) is 7.17. The van der Waals surface area contributed by atoms with Gasteiger partial charge < -0.3 is 15.4 Å². The van der Waals surface area contributed by atoms with Crippen LogP contribution in [0.1, 0.15) is 31.9 Å². The van der Waals surface area contributed by atoms with Crippen LogP contribution in [0.15, 0.2) is 24.3 Å². The highest BCUT2D eigenvalue weighted by molar-refractivity contribution is 6.08. The highest BCUT2D eigenvalue weighted by Gasteiger charge is 2.49. The van der Waals surface area contributed by atoms with Gasteiger partial charge in [0, 0.05) is 6.54 Å². The predicted octanol–water partition coefficient (Wildman–Crippen LogP) is 1.08. The van der Waals surface area contributed by atoms with Gasteiger partial charge in [-0.1, -0.05) is 43.7 Å². The van der Waals surface area contributed by atoms with Crippen molar-refractivity contribution < 1.29 is 23.9 Å². The molecule has 1 aliphatic rings. The molecule has 1 fully saturated rings. The maximum Gasteiger partial charge on any atom is 0.326 e. The molecule has 1 saturated heterocycles. The molecule has 27 heavy (non-hydrogen) atoms. The minimum absolute atomic E-state index is 0.273. The lowest BCUT2D eigenvalue weighted by Gasteiger charge is -2.22. The molecule has 4 amide bonds. The van der Waals surface area contributed by atoms with Crippen LogP contribution >= 0.6 is 0 Å². The van der Waals surface area contributed by atoms with E-state index in [9.17, 15) is 19.2 Å².